The Labute approximate surface area is 300 Å². The van der Waals surface area contributed by atoms with Crippen LogP contribution in [0.1, 0.15) is 16.7 Å². The van der Waals surface area contributed by atoms with Crippen molar-refractivity contribution in [2.45, 2.75) is 20.8 Å². The fourth-order valence-corrected chi connectivity index (χ4v) is 8.74. The molecule has 0 saturated carbocycles. The van der Waals surface area contributed by atoms with Gasteiger partial charge in [-0.2, -0.15) is 0 Å². The van der Waals surface area contributed by atoms with Gasteiger partial charge in [0.15, 0.2) is 0 Å². The molecule has 0 spiro atoms. The van der Waals surface area contributed by atoms with Crippen LogP contribution >= 0.6 is 0 Å². The van der Waals surface area contributed by atoms with Crippen LogP contribution in [0.25, 0.3) is 55.7 Å². The SMILES string of the molecule is Cc1cc(C)c(-n2c(-c3ccc4c(c3)B3c5cc6c(cc5Oc5cccc(c53)O4)c3ccccc3n6-c3ccccn3)nc3ccccc32)c(C)c1. The Balaban J connectivity index is 1.17. The van der Waals surface area contributed by atoms with Crippen LogP contribution in [0.2, 0.25) is 0 Å². The second kappa shape index (κ2) is 10.7. The molecule has 0 atom stereocenters. The van der Waals surface area contributed by atoms with Crippen LogP contribution in [0, 0.1) is 20.8 Å². The van der Waals surface area contributed by atoms with Crippen LogP contribution in [-0.2, 0) is 0 Å². The van der Waals surface area contributed by atoms with Crippen molar-refractivity contribution in [2.75, 3.05) is 0 Å². The molecule has 6 aromatic carbocycles. The van der Waals surface area contributed by atoms with E-state index in [9.17, 15) is 0 Å². The second-order valence-corrected chi connectivity index (χ2v) is 14.0. The molecule has 0 aliphatic carbocycles. The van der Waals surface area contributed by atoms with Crippen molar-refractivity contribution in [2.24, 2.45) is 0 Å². The summed E-state index contributed by atoms with van der Waals surface area (Å²) in [6, 6.07) is 44.6. The van der Waals surface area contributed by atoms with Gasteiger partial charge in [-0.15, -0.1) is 0 Å². The maximum Gasteiger partial charge on any atom is 0.260 e. The molecule has 3 aromatic heterocycles. The number of ether oxygens (including phenoxy) is 2. The number of para-hydroxylation sites is 3. The molecule has 0 amide bonds. The molecule has 9 aromatic rings. The van der Waals surface area contributed by atoms with Gasteiger partial charge in [-0.3, -0.25) is 9.13 Å². The molecular weight excluding hydrogens is 639 g/mol. The van der Waals surface area contributed by atoms with E-state index in [2.05, 4.69) is 133 Å². The first-order valence-electron chi connectivity index (χ1n) is 17.7. The van der Waals surface area contributed by atoms with E-state index in [0.717, 1.165) is 95.1 Å². The molecule has 6 nitrogen and oxygen atoms in total. The van der Waals surface area contributed by atoms with Gasteiger partial charge in [0.1, 0.15) is 34.6 Å². The number of nitrogens with zero attached hydrogens (tertiary/aromatic N) is 4. The number of imidazole rings is 1. The summed E-state index contributed by atoms with van der Waals surface area (Å²) >= 11 is 0. The number of benzene rings is 6. The van der Waals surface area contributed by atoms with Gasteiger partial charge in [-0.1, -0.05) is 66.2 Å². The van der Waals surface area contributed by atoms with Crippen LogP contribution in [0.5, 0.6) is 23.0 Å². The number of hydrogen-bond donors (Lipinski definition) is 0. The third kappa shape index (κ3) is 4.07. The third-order valence-electron chi connectivity index (χ3n) is 10.7. The minimum atomic E-state index is -0.126. The van der Waals surface area contributed by atoms with Crippen LogP contribution in [0.3, 0.4) is 0 Å². The third-order valence-corrected chi connectivity index (χ3v) is 10.7. The van der Waals surface area contributed by atoms with Crippen molar-refractivity contribution in [3.63, 3.8) is 0 Å². The largest absolute Gasteiger partial charge is 0.458 e. The molecule has 0 bridgehead atoms. The van der Waals surface area contributed by atoms with Gasteiger partial charge in [0, 0.05) is 28.0 Å². The smallest absolute Gasteiger partial charge is 0.260 e. The van der Waals surface area contributed by atoms with Crippen molar-refractivity contribution >= 4 is 55.9 Å². The Bertz CT molecular complexity index is 2940. The minimum absolute atomic E-state index is 0.126. The highest BCUT2D eigenvalue weighted by Crippen LogP contribution is 2.40. The molecule has 0 saturated heterocycles. The molecule has 5 heterocycles. The topological polar surface area (TPSA) is 54.1 Å². The normalized spacial score (nSPS) is 12.8. The molecule has 0 N–H and O–H groups in total. The van der Waals surface area contributed by atoms with Crippen LogP contribution in [-0.4, -0.2) is 25.8 Å². The highest BCUT2D eigenvalue weighted by atomic mass is 16.5. The fourth-order valence-electron chi connectivity index (χ4n) is 8.74. The average molecular weight is 671 g/mol. The van der Waals surface area contributed by atoms with E-state index in [1.165, 1.54) is 16.7 Å². The lowest BCUT2D eigenvalue weighted by Crippen LogP contribution is -2.57. The summed E-state index contributed by atoms with van der Waals surface area (Å²) in [6.45, 7) is 6.41. The van der Waals surface area contributed by atoms with Gasteiger partial charge < -0.3 is 9.47 Å². The molecule has 52 heavy (non-hydrogen) atoms. The van der Waals surface area contributed by atoms with E-state index in [-0.39, 0.29) is 6.71 Å². The van der Waals surface area contributed by atoms with Crippen LogP contribution in [0.4, 0.5) is 0 Å². The summed E-state index contributed by atoms with van der Waals surface area (Å²) in [6.07, 6.45) is 1.85. The van der Waals surface area contributed by atoms with Gasteiger partial charge >= 0.3 is 0 Å². The number of pyridine rings is 1. The van der Waals surface area contributed by atoms with Gasteiger partial charge in [-0.25, -0.2) is 9.97 Å². The van der Waals surface area contributed by atoms with E-state index < -0.39 is 0 Å². The fraction of sp³-hybridized carbons (Fsp3) is 0.0667. The number of hydrogen-bond acceptors (Lipinski definition) is 4. The Morgan fingerprint density at radius 1 is 0.558 bits per heavy atom. The molecular formula is C45H31BN4O2. The summed E-state index contributed by atoms with van der Waals surface area (Å²) in [5.41, 5.74) is 13.3. The first-order chi connectivity index (χ1) is 25.5. The van der Waals surface area contributed by atoms with Crippen molar-refractivity contribution < 1.29 is 9.47 Å². The molecule has 7 heteroatoms. The summed E-state index contributed by atoms with van der Waals surface area (Å²) < 4.78 is 18.0. The molecule has 2 aliphatic rings. The van der Waals surface area contributed by atoms with Crippen LogP contribution in [0.15, 0.2) is 134 Å². The first kappa shape index (κ1) is 29.2. The van der Waals surface area contributed by atoms with E-state index in [0.29, 0.717) is 0 Å². The number of rotatable bonds is 3. The van der Waals surface area contributed by atoms with E-state index >= 15 is 0 Å². The number of fused-ring (bicyclic) bond motifs is 8. The molecule has 0 fully saturated rings. The highest BCUT2D eigenvalue weighted by Gasteiger charge is 2.41. The Kier molecular flexibility index (Phi) is 6.00. The van der Waals surface area contributed by atoms with Gasteiger partial charge in [0.25, 0.3) is 6.71 Å². The predicted octanol–water partition coefficient (Wildman–Crippen LogP) is 8.84. The number of aromatic nitrogens is 4. The molecule has 246 valence electrons. The first-order valence-corrected chi connectivity index (χ1v) is 17.7. The Hall–Kier alpha value is -6.60. The zero-order chi connectivity index (χ0) is 34.7. The van der Waals surface area contributed by atoms with E-state index in [4.69, 9.17) is 19.4 Å². The van der Waals surface area contributed by atoms with Crippen molar-refractivity contribution in [3.8, 4) is 45.9 Å². The van der Waals surface area contributed by atoms with Crippen molar-refractivity contribution in [1.29, 1.82) is 0 Å². The van der Waals surface area contributed by atoms with Crippen molar-refractivity contribution in [1.82, 2.24) is 19.1 Å². The Morgan fingerprint density at radius 3 is 2.10 bits per heavy atom. The standard InChI is InChI=1S/C45H31BN4O2/c1-26-21-27(2)44(28(3)22-26)50-36-14-7-5-12-34(36)48-45(50)29-18-19-38-32(23-29)46-33-25-37-31(24-41(33)52-40-16-10-15-39(51-38)43(40)46)30-11-4-6-13-35(30)49(37)42-17-8-9-20-47-42/h4-25H,1-3H3. The summed E-state index contributed by atoms with van der Waals surface area (Å²) in [5, 5.41) is 2.28. The predicted molar refractivity (Wildman–Crippen MR) is 211 cm³/mol. The highest BCUT2D eigenvalue weighted by molar-refractivity contribution is 6.98. The maximum absolute atomic E-state index is 6.76. The summed E-state index contributed by atoms with van der Waals surface area (Å²) in [4.78, 5) is 10.1. The van der Waals surface area contributed by atoms with Crippen LogP contribution < -0.4 is 25.9 Å². The maximum atomic E-state index is 6.76. The van der Waals surface area contributed by atoms with Gasteiger partial charge in [0.2, 0.25) is 0 Å². The quantitative estimate of drug-likeness (QED) is 0.176. The summed E-state index contributed by atoms with van der Waals surface area (Å²) in [5.74, 6) is 5.09. The molecule has 11 rings (SSSR count). The zero-order valence-electron chi connectivity index (χ0n) is 28.9. The minimum Gasteiger partial charge on any atom is -0.458 e. The monoisotopic (exact) mass is 670 g/mol. The lowest BCUT2D eigenvalue weighted by Gasteiger charge is -2.33. The van der Waals surface area contributed by atoms with E-state index in [1.54, 1.807) is 0 Å². The Morgan fingerprint density at radius 2 is 1.29 bits per heavy atom. The lowest BCUT2D eigenvalue weighted by molar-refractivity contribution is 0.465. The average Bonchev–Trinajstić information content (AvgIpc) is 3.69. The number of aryl methyl sites for hydroxylation is 3. The lowest BCUT2D eigenvalue weighted by atomic mass is 9.34. The van der Waals surface area contributed by atoms with Gasteiger partial charge in [-0.05, 0) is 110 Å². The molecule has 0 unspecified atom stereocenters. The summed E-state index contributed by atoms with van der Waals surface area (Å²) in [7, 11) is 0. The zero-order valence-corrected chi connectivity index (χ0v) is 28.9. The second-order valence-electron chi connectivity index (χ2n) is 14.0. The van der Waals surface area contributed by atoms with Crippen molar-refractivity contribution in [3.05, 3.63) is 150 Å². The van der Waals surface area contributed by atoms with Gasteiger partial charge in [0.05, 0.1) is 27.8 Å². The molecule has 2 aliphatic heterocycles. The van der Waals surface area contributed by atoms with E-state index in [1.807, 2.05) is 30.5 Å². The molecule has 0 radical (unpaired) electrons.